The summed E-state index contributed by atoms with van der Waals surface area (Å²) in [6.45, 7) is 4.27. The van der Waals surface area contributed by atoms with Crippen molar-refractivity contribution in [3.05, 3.63) is 97.2 Å². The van der Waals surface area contributed by atoms with Crippen molar-refractivity contribution in [2.75, 3.05) is 6.61 Å². The highest BCUT2D eigenvalue weighted by molar-refractivity contribution is 5.76. The van der Waals surface area contributed by atoms with Crippen LogP contribution in [0.2, 0.25) is 0 Å². The molecule has 0 fully saturated rings. The molecule has 0 radical (unpaired) electrons. The summed E-state index contributed by atoms with van der Waals surface area (Å²) < 4.78 is 0. The minimum atomic E-state index is -0.669. The average Bonchev–Trinajstić information content (AvgIpc) is 3.40. The highest BCUT2D eigenvalue weighted by Gasteiger charge is 2.20. The SMILES string of the molecule is CC/C=C\C/C=C\C/C=C\C/C=C\C/C=C\C/C=C\C/C=C\C/C=C\CCCCCCCCCCCCC(=O)NC(CO)C(O)CCCCCCCCCCCCCCCCCCCCCCCCCCCC. The minimum absolute atomic E-state index is 0.0359. The van der Waals surface area contributed by atoms with Crippen LogP contribution in [-0.4, -0.2) is 34.9 Å². The van der Waals surface area contributed by atoms with Gasteiger partial charge in [-0.05, 0) is 77.0 Å². The number of allylic oxidation sites excluding steroid dienone is 16. The van der Waals surface area contributed by atoms with Crippen molar-refractivity contribution in [2.45, 2.75) is 328 Å². The normalized spacial score (nSPS) is 13.4. The van der Waals surface area contributed by atoms with Crippen LogP contribution in [0.3, 0.4) is 0 Å². The summed E-state index contributed by atoms with van der Waals surface area (Å²) in [5.74, 6) is -0.0359. The Morgan fingerprint density at radius 1 is 0.342 bits per heavy atom. The number of aliphatic hydroxyl groups is 2. The number of carbonyl (C=O) groups excluding carboxylic acids is 1. The van der Waals surface area contributed by atoms with Crippen LogP contribution in [0.15, 0.2) is 97.2 Å². The van der Waals surface area contributed by atoms with Gasteiger partial charge in [0.25, 0.3) is 0 Å². The van der Waals surface area contributed by atoms with Crippen molar-refractivity contribution in [1.29, 1.82) is 0 Å². The van der Waals surface area contributed by atoms with Crippen LogP contribution in [0.5, 0.6) is 0 Å². The maximum absolute atomic E-state index is 12.5. The van der Waals surface area contributed by atoms with Gasteiger partial charge in [-0.15, -0.1) is 0 Å². The zero-order chi connectivity index (χ0) is 52.7. The zero-order valence-electron chi connectivity index (χ0n) is 48.6. The standard InChI is InChI=1S/C69H123NO3/c1-3-5-7-9-11-13-15-17-19-21-23-25-27-29-31-32-33-34-35-36-37-38-39-41-43-45-47-49-51-53-55-57-59-61-63-65-69(73)70-67(66-71)68(72)64-62-60-58-56-54-52-50-48-46-44-42-40-30-28-26-24-22-20-18-16-14-12-10-8-6-4-2/h5,7,11,13,17,19,23,25,29,31,33-34,36-37,39,41,67-68,71-72H,3-4,6,8-10,12,14-16,18,20-22,24,26-28,30,32,35,38,40,42-66H2,1-2H3,(H,70,73)/b7-5-,13-11-,19-17-,25-23-,31-29-,34-33-,37-36-,41-39-. The molecule has 0 spiro atoms. The van der Waals surface area contributed by atoms with Gasteiger partial charge in [0.05, 0.1) is 18.8 Å². The second kappa shape index (κ2) is 63.6. The van der Waals surface area contributed by atoms with Gasteiger partial charge in [-0.3, -0.25) is 4.79 Å². The predicted molar refractivity (Wildman–Crippen MR) is 326 cm³/mol. The van der Waals surface area contributed by atoms with Gasteiger partial charge in [-0.1, -0.05) is 329 Å². The average molecular weight is 1010 g/mol. The fourth-order valence-corrected chi connectivity index (χ4v) is 9.56. The topological polar surface area (TPSA) is 69.6 Å². The Kier molecular flexibility index (Phi) is 61.3. The number of rotatable bonds is 58. The maximum Gasteiger partial charge on any atom is 0.220 e. The van der Waals surface area contributed by atoms with E-state index >= 15 is 0 Å². The van der Waals surface area contributed by atoms with Gasteiger partial charge < -0.3 is 15.5 Å². The van der Waals surface area contributed by atoms with Crippen LogP contribution in [0.25, 0.3) is 0 Å². The first-order valence-corrected chi connectivity index (χ1v) is 31.9. The van der Waals surface area contributed by atoms with Gasteiger partial charge in [0.15, 0.2) is 0 Å². The number of hydrogen-bond acceptors (Lipinski definition) is 3. The monoisotopic (exact) mass is 1010 g/mol. The van der Waals surface area contributed by atoms with E-state index in [0.29, 0.717) is 12.8 Å². The molecule has 1 amide bonds. The van der Waals surface area contributed by atoms with Gasteiger partial charge in [0.1, 0.15) is 0 Å². The van der Waals surface area contributed by atoms with Crippen molar-refractivity contribution in [3.8, 4) is 0 Å². The number of aliphatic hydroxyl groups excluding tert-OH is 2. The van der Waals surface area contributed by atoms with E-state index in [1.807, 2.05) is 0 Å². The molecule has 4 heteroatoms. The van der Waals surface area contributed by atoms with E-state index in [9.17, 15) is 15.0 Å². The van der Waals surface area contributed by atoms with Crippen molar-refractivity contribution in [2.24, 2.45) is 0 Å². The van der Waals surface area contributed by atoms with Gasteiger partial charge in [-0.25, -0.2) is 0 Å². The van der Waals surface area contributed by atoms with E-state index in [1.54, 1.807) is 0 Å². The molecule has 0 saturated carbocycles. The largest absolute Gasteiger partial charge is 0.394 e. The number of amides is 1. The lowest BCUT2D eigenvalue weighted by Gasteiger charge is -2.22. The molecule has 0 saturated heterocycles. The molecule has 73 heavy (non-hydrogen) atoms. The molecular weight excluding hydrogens is 891 g/mol. The van der Waals surface area contributed by atoms with Crippen molar-refractivity contribution in [3.63, 3.8) is 0 Å². The van der Waals surface area contributed by atoms with Crippen LogP contribution >= 0.6 is 0 Å². The van der Waals surface area contributed by atoms with E-state index in [2.05, 4.69) is 116 Å². The molecule has 0 aliphatic carbocycles. The van der Waals surface area contributed by atoms with Crippen LogP contribution in [0, 0.1) is 0 Å². The Labute approximate surface area is 455 Å². The van der Waals surface area contributed by atoms with Crippen LogP contribution < -0.4 is 5.32 Å². The van der Waals surface area contributed by atoms with Gasteiger partial charge in [-0.2, -0.15) is 0 Å². The summed E-state index contributed by atoms with van der Waals surface area (Å²) in [5.41, 5.74) is 0. The van der Waals surface area contributed by atoms with Crippen LogP contribution in [-0.2, 0) is 4.79 Å². The molecule has 2 unspecified atom stereocenters. The highest BCUT2D eigenvalue weighted by atomic mass is 16.3. The van der Waals surface area contributed by atoms with Gasteiger partial charge in [0.2, 0.25) is 5.91 Å². The second-order valence-electron chi connectivity index (χ2n) is 21.5. The summed E-state index contributed by atoms with van der Waals surface area (Å²) in [4.78, 5) is 12.5. The smallest absolute Gasteiger partial charge is 0.220 e. The third-order valence-corrected chi connectivity index (χ3v) is 14.4. The molecule has 0 aliphatic rings. The van der Waals surface area contributed by atoms with Crippen LogP contribution in [0.4, 0.5) is 0 Å². The number of nitrogens with one attached hydrogen (secondary N) is 1. The molecule has 0 heterocycles. The summed E-state index contributed by atoms with van der Waals surface area (Å²) in [5, 5.41) is 23.4. The number of carbonyl (C=O) groups is 1. The summed E-state index contributed by atoms with van der Waals surface area (Å²) in [7, 11) is 0. The van der Waals surface area contributed by atoms with E-state index in [4.69, 9.17) is 0 Å². The van der Waals surface area contributed by atoms with E-state index in [0.717, 1.165) is 77.0 Å². The summed E-state index contributed by atoms with van der Waals surface area (Å²) in [6, 6.07) is -0.546. The fraction of sp³-hybridized carbons (Fsp3) is 0.754. The lowest BCUT2D eigenvalue weighted by Crippen LogP contribution is -2.45. The Bertz CT molecular complexity index is 1330. The Balaban J connectivity index is 3.51. The Morgan fingerprint density at radius 2 is 0.603 bits per heavy atom. The fourth-order valence-electron chi connectivity index (χ4n) is 9.56. The Morgan fingerprint density at radius 3 is 0.904 bits per heavy atom. The third-order valence-electron chi connectivity index (χ3n) is 14.4. The lowest BCUT2D eigenvalue weighted by molar-refractivity contribution is -0.123. The van der Waals surface area contributed by atoms with Crippen molar-refractivity contribution >= 4 is 5.91 Å². The quantitative estimate of drug-likeness (QED) is 0.0420. The summed E-state index contributed by atoms with van der Waals surface area (Å²) >= 11 is 0. The van der Waals surface area contributed by atoms with E-state index in [-0.39, 0.29) is 12.5 Å². The first-order valence-electron chi connectivity index (χ1n) is 31.9. The second-order valence-corrected chi connectivity index (χ2v) is 21.5. The van der Waals surface area contributed by atoms with Crippen molar-refractivity contribution in [1.82, 2.24) is 5.32 Å². The van der Waals surface area contributed by atoms with Gasteiger partial charge >= 0.3 is 0 Å². The van der Waals surface area contributed by atoms with Crippen molar-refractivity contribution < 1.29 is 15.0 Å². The summed E-state index contributed by atoms with van der Waals surface area (Å²) in [6.07, 6.45) is 94.2. The zero-order valence-corrected chi connectivity index (χ0v) is 48.6. The molecule has 2 atom stereocenters. The molecule has 4 nitrogen and oxygen atoms in total. The minimum Gasteiger partial charge on any atom is -0.394 e. The van der Waals surface area contributed by atoms with Gasteiger partial charge in [0, 0.05) is 6.42 Å². The molecule has 3 N–H and O–H groups in total. The van der Waals surface area contributed by atoms with Crippen LogP contribution in [0.1, 0.15) is 316 Å². The molecule has 0 aromatic carbocycles. The molecule has 0 aliphatic heterocycles. The molecular formula is C69H123NO3. The molecule has 0 aromatic heterocycles. The number of unbranched alkanes of at least 4 members (excludes halogenated alkanes) is 35. The molecule has 422 valence electrons. The lowest BCUT2D eigenvalue weighted by atomic mass is 10.0. The third kappa shape index (κ3) is 60.1. The first-order chi connectivity index (χ1) is 36.2. The predicted octanol–water partition coefficient (Wildman–Crippen LogP) is 21.6. The Hall–Kier alpha value is -2.69. The highest BCUT2D eigenvalue weighted by Crippen LogP contribution is 2.18. The van der Waals surface area contributed by atoms with E-state index in [1.165, 1.54) is 212 Å². The molecule has 0 bridgehead atoms. The molecule has 0 rings (SSSR count). The first kappa shape index (κ1) is 70.3. The molecule has 0 aromatic rings. The maximum atomic E-state index is 12.5. The van der Waals surface area contributed by atoms with E-state index < -0.39 is 12.1 Å². The number of hydrogen-bond donors (Lipinski definition) is 3.